The first kappa shape index (κ1) is 14.5. The number of hydrogen-bond acceptors (Lipinski definition) is 2. The van der Waals surface area contributed by atoms with Crippen LogP contribution in [0.15, 0.2) is 42.5 Å². The molecule has 98 valence electrons. The van der Waals surface area contributed by atoms with Gasteiger partial charge in [-0.1, -0.05) is 56.4 Å². The van der Waals surface area contributed by atoms with Crippen molar-refractivity contribution in [1.82, 2.24) is 5.32 Å². The van der Waals surface area contributed by atoms with Gasteiger partial charge in [0, 0.05) is 12.1 Å². The largest absolute Gasteiger partial charge is 0.489 e. The minimum Gasteiger partial charge on any atom is -0.489 e. The van der Waals surface area contributed by atoms with E-state index in [-0.39, 0.29) is 0 Å². The molecule has 0 radical (unpaired) electrons. The quantitative estimate of drug-likeness (QED) is 0.742. The van der Waals surface area contributed by atoms with Crippen molar-refractivity contribution in [3.63, 3.8) is 0 Å². The maximum atomic E-state index is 5.66. The minimum absolute atomic E-state index is 0.518. The van der Waals surface area contributed by atoms with Gasteiger partial charge in [-0.15, -0.1) is 0 Å². The lowest BCUT2D eigenvalue weighted by Gasteiger charge is -2.13. The molecule has 0 bridgehead atoms. The Morgan fingerprint density at radius 1 is 1.39 bits per heavy atom. The molecule has 0 heterocycles. The van der Waals surface area contributed by atoms with Gasteiger partial charge in [0.2, 0.25) is 0 Å². The smallest absolute Gasteiger partial charge is 0.126 e. The summed E-state index contributed by atoms with van der Waals surface area (Å²) in [5.41, 5.74) is 2.49. The van der Waals surface area contributed by atoms with Crippen LogP contribution in [0.5, 0.6) is 5.75 Å². The van der Waals surface area contributed by atoms with E-state index in [4.69, 9.17) is 4.74 Å². The normalized spacial score (nSPS) is 11.7. The fourth-order valence-electron chi connectivity index (χ4n) is 1.71. The second-order valence-corrected chi connectivity index (χ2v) is 4.54. The summed E-state index contributed by atoms with van der Waals surface area (Å²) in [5, 5.41) is 3.21. The molecule has 18 heavy (non-hydrogen) atoms. The van der Waals surface area contributed by atoms with Crippen molar-refractivity contribution in [2.75, 3.05) is 20.2 Å². The van der Waals surface area contributed by atoms with Crippen LogP contribution in [0.2, 0.25) is 0 Å². The molecule has 0 saturated carbocycles. The average molecular weight is 245 g/mol. The van der Waals surface area contributed by atoms with E-state index in [1.807, 2.05) is 25.2 Å². The second-order valence-electron chi connectivity index (χ2n) is 4.54. The predicted octanol–water partition coefficient (Wildman–Crippen LogP) is 3.51. The van der Waals surface area contributed by atoms with Gasteiger partial charge in [0.15, 0.2) is 0 Å². The van der Waals surface area contributed by atoms with Crippen LogP contribution in [-0.2, 0) is 0 Å². The van der Waals surface area contributed by atoms with E-state index in [9.17, 15) is 0 Å². The SMILES string of the molecule is C=CCOc1ccccc1C=C(CNC)C(C)C. The topological polar surface area (TPSA) is 21.3 Å². The molecule has 0 atom stereocenters. The zero-order valence-electron chi connectivity index (χ0n) is 11.6. The van der Waals surface area contributed by atoms with Crippen LogP contribution in [0.4, 0.5) is 0 Å². The van der Waals surface area contributed by atoms with Crippen LogP contribution in [0, 0.1) is 5.92 Å². The van der Waals surface area contributed by atoms with Crippen LogP contribution in [0.25, 0.3) is 6.08 Å². The summed E-state index contributed by atoms with van der Waals surface area (Å²) in [6.07, 6.45) is 3.97. The lowest BCUT2D eigenvalue weighted by molar-refractivity contribution is 0.362. The summed E-state index contributed by atoms with van der Waals surface area (Å²) in [5.74, 6) is 1.43. The van der Waals surface area contributed by atoms with Crippen LogP contribution < -0.4 is 10.1 Å². The summed E-state index contributed by atoms with van der Waals surface area (Å²) in [6.45, 7) is 9.51. The second kappa shape index (κ2) is 7.72. The van der Waals surface area contributed by atoms with Crippen LogP contribution in [0.3, 0.4) is 0 Å². The van der Waals surface area contributed by atoms with Crippen molar-refractivity contribution in [2.45, 2.75) is 13.8 Å². The van der Waals surface area contributed by atoms with Gasteiger partial charge in [-0.3, -0.25) is 0 Å². The molecule has 0 fully saturated rings. The molecule has 1 aromatic rings. The third-order valence-electron chi connectivity index (χ3n) is 2.74. The summed E-state index contributed by atoms with van der Waals surface area (Å²) < 4.78 is 5.66. The van der Waals surface area contributed by atoms with Gasteiger partial charge in [-0.25, -0.2) is 0 Å². The lowest BCUT2D eigenvalue weighted by Crippen LogP contribution is -2.14. The van der Waals surface area contributed by atoms with Gasteiger partial charge < -0.3 is 10.1 Å². The van der Waals surface area contributed by atoms with Crippen molar-refractivity contribution in [3.05, 3.63) is 48.1 Å². The maximum absolute atomic E-state index is 5.66. The van der Waals surface area contributed by atoms with Crippen molar-refractivity contribution >= 4 is 6.08 Å². The van der Waals surface area contributed by atoms with Crippen molar-refractivity contribution < 1.29 is 4.74 Å². The predicted molar refractivity (Wildman–Crippen MR) is 78.9 cm³/mol. The highest BCUT2D eigenvalue weighted by atomic mass is 16.5. The first-order valence-electron chi connectivity index (χ1n) is 6.36. The van der Waals surface area contributed by atoms with E-state index in [1.165, 1.54) is 5.57 Å². The molecule has 1 aromatic carbocycles. The fourth-order valence-corrected chi connectivity index (χ4v) is 1.71. The minimum atomic E-state index is 0.518. The Hall–Kier alpha value is -1.54. The summed E-state index contributed by atoms with van der Waals surface area (Å²) in [4.78, 5) is 0. The van der Waals surface area contributed by atoms with Gasteiger partial charge in [0.1, 0.15) is 12.4 Å². The molecule has 0 aliphatic rings. The van der Waals surface area contributed by atoms with E-state index < -0.39 is 0 Å². The Labute approximate surface area is 110 Å². The number of benzene rings is 1. The van der Waals surface area contributed by atoms with Crippen molar-refractivity contribution in [2.24, 2.45) is 5.92 Å². The molecule has 0 amide bonds. The summed E-state index contributed by atoms with van der Waals surface area (Å²) in [6, 6.07) is 8.09. The van der Waals surface area contributed by atoms with Gasteiger partial charge >= 0.3 is 0 Å². The molecule has 2 nitrogen and oxygen atoms in total. The zero-order valence-corrected chi connectivity index (χ0v) is 11.6. The molecular formula is C16H23NO. The summed E-state index contributed by atoms with van der Waals surface area (Å²) >= 11 is 0. The lowest BCUT2D eigenvalue weighted by atomic mass is 10.00. The van der Waals surface area contributed by atoms with E-state index in [1.54, 1.807) is 6.08 Å². The van der Waals surface area contributed by atoms with Crippen LogP contribution in [0.1, 0.15) is 19.4 Å². The molecule has 0 saturated heterocycles. The molecule has 0 unspecified atom stereocenters. The van der Waals surface area contributed by atoms with E-state index in [0.29, 0.717) is 12.5 Å². The third kappa shape index (κ3) is 4.38. The third-order valence-corrected chi connectivity index (χ3v) is 2.74. The first-order chi connectivity index (χ1) is 8.69. The van der Waals surface area contributed by atoms with Crippen LogP contribution >= 0.6 is 0 Å². The molecule has 1 rings (SSSR count). The fraction of sp³-hybridized carbons (Fsp3) is 0.375. The molecular weight excluding hydrogens is 222 g/mol. The number of rotatable bonds is 7. The first-order valence-corrected chi connectivity index (χ1v) is 6.36. The Kier molecular flexibility index (Phi) is 6.23. The summed E-state index contributed by atoms with van der Waals surface area (Å²) in [7, 11) is 1.97. The number of likely N-dealkylation sites (N-methyl/N-ethyl adjacent to an activating group) is 1. The average Bonchev–Trinajstić information content (AvgIpc) is 2.37. The Bertz CT molecular complexity index is 407. The van der Waals surface area contributed by atoms with E-state index >= 15 is 0 Å². The molecule has 0 aliphatic heterocycles. The van der Waals surface area contributed by atoms with E-state index in [0.717, 1.165) is 17.9 Å². The molecule has 0 aromatic heterocycles. The monoisotopic (exact) mass is 245 g/mol. The maximum Gasteiger partial charge on any atom is 0.126 e. The number of hydrogen-bond donors (Lipinski definition) is 1. The number of ether oxygens (including phenoxy) is 1. The van der Waals surface area contributed by atoms with Crippen molar-refractivity contribution in [1.29, 1.82) is 0 Å². The Balaban J connectivity index is 2.99. The molecule has 1 N–H and O–H groups in total. The Morgan fingerprint density at radius 2 is 2.11 bits per heavy atom. The highest BCUT2D eigenvalue weighted by Gasteiger charge is 2.05. The van der Waals surface area contributed by atoms with Gasteiger partial charge in [-0.05, 0) is 19.0 Å². The van der Waals surface area contributed by atoms with Crippen LogP contribution in [-0.4, -0.2) is 20.2 Å². The highest BCUT2D eigenvalue weighted by molar-refractivity contribution is 5.60. The Morgan fingerprint density at radius 3 is 2.72 bits per heavy atom. The van der Waals surface area contributed by atoms with Gasteiger partial charge in [-0.2, -0.15) is 0 Å². The molecule has 0 spiro atoms. The van der Waals surface area contributed by atoms with Gasteiger partial charge in [0.05, 0.1) is 0 Å². The molecule has 2 heteroatoms. The molecule has 0 aliphatic carbocycles. The van der Waals surface area contributed by atoms with Gasteiger partial charge in [0.25, 0.3) is 0 Å². The van der Waals surface area contributed by atoms with Crippen molar-refractivity contribution in [3.8, 4) is 5.75 Å². The standard InChI is InChI=1S/C16H23NO/c1-5-10-18-16-9-7-6-8-14(16)11-15(12-17-4)13(2)3/h5-9,11,13,17H,1,10,12H2,2-4H3. The highest BCUT2D eigenvalue weighted by Crippen LogP contribution is 2.23. The zero-order chi connectivity index (χ0) is 13.4. The van der Waals surface area contributed by atoms with E-state index in [2.05, 4.69) is 37.9 Å². The number of nitrogens with one attached hydrogen (secondary N) is 1. The number of para-hydroxylation sites is 1.